The maximum Gasteiger partial charge on any atom is 0.225 e. The number of nitrogens with zero attached hydrogens (tertiary/aromatic N) is 2. The van der Waals surface area contributed by atoms with Crippen molar-refractivity contribution < 1.29 is 9.53 Å². The van der Waals surface area contributed by atoms with Crippen molar-refractivity contribution in [1.82, 2.24) is 9.80 Å². The smallest absolute Gasteiger partial charge is 0.225 e. The van der Waals surface area contributed by atoms with Crippen LogP contribution in [0.4, 0.5) is 0 Å². The molecule has 0 atom stereocenters. The van der Waals surface area contributed by atoms with Crippen LogP contribution in [0.5, 0.6) is 0 Å². The molecule has 20 heavy (non-hydrogen) atoms. The first kappa shape index (κ1) is 15.8. The van der Waals surface area contributed by atoms with Gasteiger partial charge in [-0.15, -0.1) is 0 Å². The number of methoxy groups -OCH3 is 1. The molecule has 0 aromatic heterocycles. The molecule has 0 N–H and O–H groups in total. The van der Waals surface area contributed by atoms with Crippen molar-refractivity contribution in [3.05, 3.63) is 0 Å². The Labute approximate surface area is 123 Å². The summed E-state index contributed by atoms with van der Waals surface area (Å²) < 4.78 is 5.42. The zero-order valence-corrected chi connectivity index (χ0v) is 13.3. The lowest BCUT2D eigenvalue weighted by atomic mass is 9.94. The molecule has 116 valence electrons. The van der Waals surface area contributed by atoms with Crippen LogP contribution >= 0.6 is 0 Å². The van der Waals surface area contributed by atoms with E-state index in [1.54, 1.807) is 0 Å². The minimum Gasteiger partial charge on any atom is -0.381 e. The SMILES string of the molecule is COC1CCN(CC2CCN(C(=O)C(C)C)CC2)CC1. The normalized spacial score (nSPS) is 23.5. The van der Waals surface area contributed by atoms with E-state index in [-0.39, 0.29) is 5.92 Å². The number of hydrogen-bond donors (Lipinski definition) is 0. The number of likely N-dealkylation sites (tertiary alicyclic amines) is 2. The number of carbonyl (C=O) groups excluding carboxylic acids is 1. The number of amides is 1. The molecule has 4 nitrogen and oxygen atoms in total. The van der Waals surface area contributed by atoms with Crippen LogP contribution in [0.25, 0.3) is 0 Å². The summed E-state index contributed by atoms with van der Waals surface area (Å²) in [5.41, 5.74) is 0. The molecule has 0 spiro atoms. The van der Waals surface area contributed by atoms with Crippen LogP contribution in [0, 0.1) is 11.8 Å². The summed E-state index contributed by atoms with van der Waals surface area (Å²) in [5, 5.41) is 0. The Morgan fingerprint density at radius 2 is 1.70 bits per heavy atom. The summed E-state index contributed by atoms with van der Waals surface area (Å²) in [4.78, 5) is 16.6. The molecule has 1 amide bonds. The van der Waals surface area contributed by atoms with Crippen molar-refractivity contribution in [1.29, 1.82) is 0 Å². The van der Waals surface area contributed by atoms with Crippen LogP contribution < -0.4 is 0 Å². The van der Waals surface area contributed by atoms with Crippen LogP contribution in [0.3, 0.4) is 0 Å². The van der Waals surface area contributed by atoms with Crippen molar-refractivity contribution in [3.8, 4) is 0 Å². The van der Waals surface area contributed by atoms with Gasteiger partial charge in [-0.3, -0.25) is 4.79 Å². The Hall–Kier alpha value is -0.610. The van der Waals surface area contributed by atoms with Crippen molar-refractivity contribution in [2.45, 2.75) is 45.6 Å². The van der Waals surface area contributed by atoms with Crippen LogP contribution in [0.1, 0.15) is 39.5 Å². The van der Waals surface area contributed by atoms with Crippen LogP contribution in [-0.4, -0.2) is 61.6 Å². The van der Waals surface area contributed by atoms with Gasteiger partial charge in [0, 0.05) is 45.8 Å². The van der Waals surface area contributed by atoms with Gasteiger partial charge in [-0.1, -0.05) is 13.8 Å². The molecule has 0 radical (unpaired) electrons. The largest absolute Gasteiger partial charge is 0.381 e. The first-order valence-electron chi connectivity index (χ1n) is 8.14. The first-order valence-corrected chi connectivity index (χ1v) is 8.14. The highest BCUT2D eigenvalue weighted by molar-refractivity contribution is 5.78. The molecular weight excluding hydrogens is 252 g/mol. The van der Waals surface area contributed by atoms with E-state index in [2.05, 4.69) is 9.80 Å². The number of piperidine rings is 2. The second kappa shape index (κ2) is 7.41. The lowest BCUT2D eigenvalue weighted by Crippen LogP contribution is -2.45. The van der Waals surface area contributed by atoms with E-state index in [1.165, 1.54) is 45.3 Å². The number of ether oxygens (including phenoxy) is 1. The topological polar surface area (TPSA) is 32.8 Å². The summed E-state index contributed by atoms with van der Waals surface area (Å²) in [7, 11) is 1.82. The van der Waals surface area contributed by atoms with Gasteiger partial charge < -0.3 is 14.5 Å². The van der Waals surface area contributed by atoms with Crippen molar-refractivity contribution >= 4 is 5.91 Å². The van der Waals surface area contributed by atoms with E-state index in [4.69, 9.17) is 4.74 Å². The predicted molar refractivity (Wildman–Crippen MR) is 80.6 cm³/mol. The average molecular weight is 282 g/mol. The van der Waals surface area contributed by atoms with Gasteiger partial charge in [0.15, 0.2) is 0 Å². The average Bonchev–Trinajstić information content (AvgIpc) is 2.48. The summed E-state index contributed by atoms with van der Waals surface area (Å²) in [6.45, 7) is 9.45. The number of carbonyl (C=O) groups is 1. The summed E-state index contributed by atoms with van der Waals surface area (Å²) in [6.07, 6.45) is 5.14. The van der Waals surface area contributed by atoms with E-state index >= 15 is 0 Å². The molecule has 2 saturated heterocycles. The van der Waals surface area contributed by atoms with E-state index < -0.39 is 0 Å². The van der Waals surface area contributed by atoms with Crippen LogP contribution in [-0.2, 0) is 9.53 Å². The molecule has 2 rings (SSSR count). The van der Waals surface area contributed by atoms with Gasteiger partial charge in [0.1, 0.15) is 0 Å². The van der Waals surface area contributed by atoms with Crippen LogP contribution in [0.15, 0.2) is 0 Å². The zero-order valence-electron chi connectivity index (χ0n) is 13.3. The Kier molecular flexibility index (Phi) is 5.85. The minimum absolute atomic E-state index is 0.139. The highest BCUT2D eigenvalue weighted by Gasteiger charge is 2.26. The second-order valence-electron chi connectivity index (χ2n) is 6.66. The summed E-state index contributed by atoms with van der Waals surface area (Å²) >= 11 is 0. The van der Waals surface area contributed by atoms with Gasteiger partial charge >= 0.3 is 0 Å². The van der Waals surface area contributed by atoms with Crippen LogP contribution in [0.2, 0.25) is 0 Å². The lowest BCUT2D eigenvalue weighted by molar-refractivity contribution is -0.135. The molecule has 2 fully saturated rings. The van der Waals surface area contributed by atoms with E-state index in [0.29, 0.717) is 12.0 Å². The monoisotopic (exact) mass is 282 g/mol. The third-order valence-corrected chi connectivity index (χ3v) is 4.80. The third kappa shape index (κ3) is 4.19. The third-order valence-electron chi connectivity index (χ3n) is 4.80. The predicted octanol–water partition coefficient (Wildman–Crippen LogP) is 1.99. The first-order chi connectivity index (χ1) is 9.60. The molecule has 0 unspecified atom stereocenters. The molecular formula is C16H30N2O2. The lowest BCUT2D eigenvalue weighted by Gasteiger charge is -2.37. The summed E-state index contributed by atoms with van der Waals surface area (Å²) in [6, 6.07) is 0. The van der Waals surface area contributed by atoms with Gasteiger partial charge in [-0.05, 0) is 31.6 Å². The number of rotatable bonds is 4. The molecule has 0 aromatic rings. The van der Waals surface area contributed by atoms with Crippen molar-refractivity contribution in [2.75, 3.05) is 39.8 Å². The van der Waals surface area contributed by atoms with Crippen molar-refractivity contribution in [3.63, 3.8) is 0 Å². The molecule has 4 heteroatoms. The van der Waals surface area contributed by atoms with E-state index in [1.807, 2.05) is 21.0 Å². The Morgan fingerprint density at radius 3 is 2.20 bits per heavy atom. The molecule has 0 saturated carbocycles. The standard InChI is InChI=1S/C16H30N2O2/c1-13(2)16(19)18-10-4-14(5-11-18)12-17-8-6-15(20-3)7-9-17/h13-15H,4-12H2,1-3H3. The molecule has 0 aromatic carbocycles. The molecule has 0 bridgehead atoms. The van der Waals surface area contributed by atoms with E-state index in [0.717, 1.165) is 19.0 Å². The fourth-order valence-corrected chi connectivity index (χ4v) is 3.39. The molecule has 2 aliphatic rings. The fraction of sp³-hybridized carbons (Fsp3) is 0.938. The Morgan fingerprint density at radius 1 is 1.10 bits per heavy atom. The Balaban J connectivity index is 1.68. The zero-order chi connectivity index (χ0) is 14.5. The van der Waals surface area contributed by atoms with Gasteiger partial charge in [-0.25, -0.2) is 0 Å². The maximum atomic E-state index is 12.0. The number of hydrogen-bond acceptors (Lipinski definition) is 3. The Bertz CT molecular complexity index is 304. The molecule has 0 aliphatic carbocycles. The molecule has 2 aliphatic heterocycles. The van der Waals surface area contributed by atoms with Gasteiger partial charge in [-0.2, -0.15) is 0 Å². The minimum atomic E-state index is 0.139. The quantitative estimate of drug-likeness (QED) is 0.790. The highest BCUT2D eigenvalue weighted by atomic mass is 16.5. The van der Waals surface area contributed by atoms with Gasteiger partial charge in [0.25, 0.3) is 0 Å². The van der Waals surface area contributed by atoms with Gasteiger partial charge in [0.05, 0.1) is 6.10 Å². The second-order valence-corrected chi connectivity index (χ2v) is 6.66. The fourth-order valence-electron chi connectivity index (χ4n) is 3.39. The van der Waals surface area contributed by atoms with Gasteiger partial charge in [0.2, 0.25) is 5.91 Å². The van der Waals surface area contributed by atoms with Crippen molar-refractivity contribution in [2.24, 2.45) is 11.8 Å². The maximum absolute atomic E-state index is 12.0. The highest BCUT2D eigenvalue weighted by Crippen LogP contribution is 2.22. The summed E-state index contributed by atoms with van der Waals surface area (Å²) in [5.74, 6) is 1.23. The molecule has 2 heterocycles. The van der Waals surface area contributed by atoms with E-state index in [9.17, 15) is 4.79 Å².